The highest BCUT2D eigenvalue weighted by Crippen LogP contribution is 2.32. The van der Waals surface area contributed by atoms with Gasteiger partial charge in [0.05, 0.1) is 24.1 Å². The summed E-state index contributed by atoms with van der Waals surface area (Å²) in [6.07, 6.45) is 1.38. The third kappa shape index (κ3) is 3.10. The van der Waals surface area contributed by atoms with Crippen LogP contribution in [-0.2, 0) is 4.79 Å². The Morgan fingerprint density at radius 1 is 1.60 bits per heavy atom. The average Bonchev–Trinajstić information content (AvgIpc) is 2.82. The quantitative estimate of drug-likeness (QED) is 0.688. The van der Waals surface area contributed by atoms with E-state index >= 15 is 0 Å². The van der Waals surface area contributed by atoms with Gasteiger partial charge in [0.2, 0.25) is 5.91 Å². The number of ether oxygens (including phenoxy) is 1. The van der Waals surface area contributed by atoms with Crippen molar-refractivity contribution in [2.45, 2.75) is 6.92 Å². The molecule has 1 N–H and O–H groups in total. The summed E-state index contributed by atoms with van der Waals surface area (Å²) < 4.78 is 18.6. The van der Waals surface area contributed by atoms with Crippen LogP contribution in [0, 0.1) is 12.7 Å². The molecule has 0 radical (unpaired) electrons. The molecule has 1 fully saturated rings. The SMILES string of the molecule is COc1c(F)cc(C=NN=C2NC(=O)CS2)c(C)c1Cl. The van der Waals surface area contributed by atoms with E-state index in [1.54, 1.807) is 6.92 Å². The van der Waals surface area contributed by atoms with Crippen molar-refractivity contribution in [1.29, 1.82) is 0 Å². The maximum Gasteiger partial charge on any atom is 0.236 e. The molecule has 1 aromatic carbocycles. The van der Waals surface area contributed by atoms with Gasteiger partial charge in [-0.15, -0.1) is 5.10 Å². The van der Waals surface area contributed by atoms with Gasteiger partial charge in [-0.1, -0.05) is 23.4 Å². The zero-order valence-electron chi connectivity index (χ0n) is 10.7. The monoisotopic (exact) mass is 315 g/mol. The lowest BCUT2D eigenvalue weighted by Crippen LogP contribution is -2.19. The van der Waals surface area contributed by atoms with Gasteiger partial charge >= 0.3 is 0 Å². The first-order valence-corrected chi connectivity index (χ1v) is 6.95. The first-order chi connectivity index (χ1) is 9.52. The van der Waals surface area contributed by atoms with Gasteiger partial charge in [-0.2, -0.15) is 5.10 Å². The third-order valence-electron chi connectivity index (χ3n) is 2.60. The summed E-state index contributed by atoms with van der Waals surface area (Å²) in [6, 6.07) is 1.27. The Bertz CT molecular complexity index is 619. The van der Waals surface area contributed by atoms with Crippen LogP contribution in [0.1, 0.15) is 11.1 Å². The van der Waals surface area contributed by atoms with E-state index in [1.807, 2.05) is 0 Å². The number of carbonyl (C=O) groups is 1. The van der Waals surface area contributed by atoms with Crippen molar-refractivity contribution < 1.29 is 13.9 Å². The number of amides is 1. The van der Waals surface area contributed by atoms with Gasteiger partial charge in [0.1, 0.15) is 0 Å². The van der Waals surface area contributed by atoms with Gasteiger partial charge in [0.25, 0.3) is 0 Å². The number of halogens is 2. The van der Waals surface area contributed by atoms with Crippen LogP contribution in [0.2, 0.25) is 5.02 Å². The number of amidine groups is 1. The van der Waals surface area contributed by atoms with E-state index in [2.05, 4.69) is 15.5 Å². The van der Waals surface area contributed by atoms with Crippen LogP contribution >= 0.6 is 23.4 Å². The number of hydrogen-bond donors (Lipinski definition) is 1. The fraction of sp³-hybridized carbons (Fsp3) is 0.250. The maximum atomic E-state index is 13.7. The molecule has 1 heterocycles. The minimum atomic E-state index is -0.569. The third-order valence-corrected chi connectivity index (χ3v) is 3.92. The lowest BCUT2D eigenvalue weighted by atomic mass is 10.1. The molecule has 5 nitrogen and oxygen atoms in total. The smallest absolute Gasteiger partial charge is 0.236 e. The molecule has 0 bridgehead atoms. The molecule has 106 valence electrons. The molecule has 20 heavy (non-hydrogen) atoms. The summed E-state index contributed by atoms with van der Waals surface area (Å²) in [7, 11) is 1.35. The van der Waals surface area contributed by atoms with E-state index in [9.17, 15) is 9.18 Å². The van der Waals surface area contributed by atoms with Crippen molar-refractivity contribution >= 4 is 40.7 Å². The summed E-state index contributed by atoms with van der Waals surface area (Å²) in [4.78, 5) is 11.0. The van der Waals surface area contributed by atoms with Crippen LogP contribution < -0.4 is 10.1 Å². The topological polar surface area (TPSA) is 63.1 Å². The van der Waals surface area contributed by atoms with Gasteiger partial charge in [-0.3, -0.25) is 4.79 Å². The number of rotatable bonds is 3. The highest BCUT2D eigenvalue weighted by molar-refractivity contribution is 8.15. The molecular weight excluding hydrogens is 305 g/mol. The van der Waals surface area contributed by atoms with E-state index < -0.39 is 5.82 Å². The van der Waals surface area contributed by atoms with Gasteiger partial charge in [-0.25, -0.2) is 4.39 Å². The molecule has 1 aromatic rings. The minimum absolute atomic E-state index is 0.00578. The van der Waals surface area contributed by atoms with E-state index in [0.29, 0.717) is 22.0 Å². The Kier molecular flexibility index (Phi) is 4.61. The zero-order valence-corrected chi connectivity index (χ0v) is 12.3. The van der Waals surface area contributed by atoms with E-state index in [1.165, 1.54) is 31.2 Å². The van der Waals surface area contributed by atoms with Crippen molar-refractivity contribution in [2.24, 2.45) is 10.2 Å². The first kappa shape index (κ1) is 14.8. The van der Waals surface area contributed by atoms with Gasteiger partial charge in [-0.05, 0) is 18.6 Å². The number of methoxy groups -OCH3 is 1. The number of thioether (sulfide) groups is 1. The standard InChI is InChI=1S/C12H11ClFN3O2S/c1-6-7(3-8(14)11(19-2)10(6)13)4-15-17-12-16-9(18)5-20-12/h3-4H,5H2,1-2H3,(H,16,17,18). The van der Waals surface area contributed by atoms with Crippen molar-refractivity contribution in [3.63, 3.8) is 0 Å². The Balaban J connectivity index is 2.24. The largest absolute Gasteiger partial charge is 0.492 e. The van der Waals surface area contributed by atoms with Crippen molar-refractivity contribution in [2.75, 3.05) is 12.9 Å². The van der Waals surface area contributed by atoms with Crippen molar-refractivity contribution in [3.8, 4) is 5.75 Å². The molecule has 1 aliphatic heterocycles. The van der Waals surface area contributed by atoms with E-state index in [4.69, 9.17) is 16.3 Å². The Hall–Kier alpha value is -1.60. The van der Waals surface area contributed by atoms with E-state index in [0.717, 1.165) is 0 Å². The Labute approximate surface area is 124 Å². The second kappa shape index (κ2) is 6.23. The maximum absolute atomic E-state index is 13.7. The zero-order chi connectivity index (χ0) is 14.7. The van der Waals surface area contributed by atoms with Crippen molar-refractivity contribution in [1.82, 2.24) is 5.32 Å². The van der Waals surface area contributed by atoms with Gasteiger partial charge in [0, 0.05) is 5.56 Å². The number of benzene rings is 1. The second-order valence-electron chi connectivity index (χ2n) is 3.91. The molecule has 0 spiro atoms. The highest BCUT2D eigenvalue weighted by atomic mass is 35.5. The first-order valence-electron chi connectivity index (χ1n) is 5.59. The average molecular weight is 316 g/mol. The summed E-state index contributed by atoms with van der Waals surface area (Å²) >= 11 is 7.26. The molecule has 1 aliphatic rings. The highest BCUT2D eigenvalue weighted by Gasteiger charge is 2.16. The second-order valence-corrected chi connectivity index (χ2v) is 5.25. The molecule has 0 unspecified atom stereocenters. The summed E-state index contributed by atoms with van der Waals surface area (Å²) in [6.45, 7) is 1.73. The lowest BCUT2D eigenvalue weighted by molar-refractivity contribution is -0.116. The normalized spacial score (nSPS) is 17.0. The Morgan fingerprint density at radius 2 is 2.35 bits per heavy atom. The lowest BCUT2D eigenvalue weighted by Gasteiger charge is -2.09. The van der Waals surface area contributed by atoms with Crippen molar-refractivity contribution in [3.05, 3.63) is 28.0 Å². The molecule has 1 amide bonds. The predicted octanol–water partition coefficient (Wildman–Crippen LogP) is 2.35. The molecule has 2 rings (SSSR count). The molecule has 0 atom stereocenters. The Morgan fingerprint density at radius 3 is 2.95 bits per heavy atom. The molecule has 0 aliphatic carbocycles. The summed E-state index contributed by atoms with van der Waals surface area (Å²) in [5.41, 5.74) is 1.13. The van der Waals surface area contributed by atoms with Gasteiger partial charge in [0.15, 0.2) is 16.7 Å². The number of nitrogens with one attached hydrogen (secondary N) is 1. The molecular formula is C12H11ClFN3O2S. The van der Waals surface area contributed by atoms with Crippen LogP contribution in [0.4, 0.5) is 4.39 Å². The summed E-state index contributed by atoms with van der Waals surface area (Å²) in [5, 5.41) is 10.8. The van der Waals surface area contributed by atoms with Crippen LogP contribution in [0.3, 0.4) is 0 Å². The van der Waals surface area contributed by atoms with Crippen LogP contribution in [0.25, 0.3) is 0 Å². The minimum Gasteiger partial charge on any atom is -0.492 e. The molecule has 1 saturated heterocycles. The van der Waals surface area contributed by atoms with Crippen LogP contribution in [0.5, 0.6) is 5.75 Å². The number of carbonyl (C=O) groups excluding carboxylic acids is 1. The predicted molar refractivity (Wildman–Crippen MR) is 78.3 cm³/mol. The van der Waals surface area contributed by atoms with E-state index in [-0.39, 0.29) is 16.7 Å². The summed E-state index contributed by atoms with van der Waals surface area (Å²) in [5.74, 6) is -0.346. The fourth-order valence-corrected chi connectivity index (χ4v) is 2.46. The molecule has 0 saturated carbocycles. The van der Waals surface area contributed by atoms with Crippen LogP contribution in [0.15, 0.2) is 16.3 Å². The number of hydrogen-bond acceptors (Lipinski definition) is 5. The molecule has 8 heteroatoms. The van der Waals surface area contributed by atoms with Gasteiger partial charge < -0.3 is 10.1 Å². The van der Waals surface area contributed by atoms with Crippen LogP contribution in [-0.4, -0.2) is 30.2 Å². The molecule has 0 aromatic heterocycles. The number of nitrogens with zero attached hydrogens (tertiary/aromatic N) is 2. The fourth-order valence-electron chi connectivity index (χ4n) is 1.56.